The lowest BCUT2D eigenvalue weighted by Gasteiger charge is -2.11. The Morgan fingerprint density at radius 1 is 1.21 bits per heavy atom. The first-order valence-corrected chi connectivity index (χ1v) is 7.93. The van der Waals surface area contributed by atoms with Crippen molar-refractivity contribution in [1.29, 1.82) is 0 Å². The van der Waals surface area contributed by atoms with Crippen LogP contribution in [0.15, 0.2) is 35.7 Å². The fraction of sp³-hybridized carbons (Fsp3) is 0.333. The van der Waals surface area contributed by atoms with Gasteiger partial charge in [0.05, 0.1) is 6.10 Å². The highest BCUT2D eigenvalue weighted by atomic mass is 35.5. The third-order valence-corrected chi connectivity index (χ3v) is 4.54. The lowest BCUT2D eigenvalue weighted by molar-refractivity contribution is 0.162. The maximum atomic E-state index is 10.0. The van der Waals surface area contributed by atoms with Gasteiger partial charge in [-0.05, 0) is 60.9 Å². The molecule has 0 aliphatic carbocycles. The van der Waals surface area contributed by atoms with Crippen LogP contribution in [-0.2, 0) is 12.8 Å². The molecule has 0 aliphatic rings. The first kappa shape index (κ1) is 14.9. The van der Waals surface area contributed by atoms with E-state index in [1.807, 2.05) is 6.07 Å². The molecule has 1 aromatic carbocycles. The van der Waals surface area contributed by atoms with E-state index < -0.39 is 0 Å². The molecule has 1 atom stereocenters. The topological polar surface area (TPSA) is 20.2 Å². The molecule has 2 rings (SSSR count). The van der Waals surface area contributed by atoms with Crippen molar-refractivity contribution >= 4 is 34.5 Å². The minimum absolute atomic E-state index is 0.365. The zero-order valence-electron chi connectivity index (χ0n) is 10.5. The lowest BCUT2D eigenvalue weighted by atomic mass is 10.0. The van der Waals surface area contributed by atoms with Crippen LogP contribution >= 0.6 is 34.5 Å². The number of thiophene rings is 1. The van der Waals surface area contributed by atoms with Crippen molar-refractivity contribution in [2.45, 2.75) is 31.8 Å². The van der Waals surface area contributed by atoms with Crippen molar-refractivity contribution in [2.24, 2.45) is 0 Å². The Kier molecular flexibility index (Phi) is 5.71. The fourth-order valence-corrected chi connectivity index (χ4v) is 3.16. The second kappa shape index (κ2) is 7.30. The van der Waals surface area contributed by atoms with Crippen LogP contribution in [0.1, 0.15) is 23.3 Å². The van der Waals surface area contributed by atoms with E-state index >= 15 is 0 Å². The van der Waals surface area contributed by atoms with Gasteiger partial charge in [0.15, 0.2) is 0 Å². The van der Waals surface area contributed by atoms with Crippen LogP contribution in [-0.4, -0.2) is 11.2 Å². The van der Waals surface area contributed by atoms with Gasteiger partial charge in [0.2, 0.25) is 0 Å². The van der Waals surface area contributed by atoms with Gasteiger partial charge < -0.3 is 5.11 Å². The molecular formula is C15H16Cl2OS. The van der Waals surface area contributed by atoms with Gasteiger partial charge in [0.25, 0.3) is 0 Å². The number of rotatable bonds is 6. The summed E-state index contributed by atoms with van der Waals surface area (Å²) in [5.41, 5.74) is 0.915. The van der Waals surface area contributed by atoms with Crippen LogP contribution in [0.5, 0.6) is 0 Å². The predicted octanol–water partition coefficient (Wildman–Crippen LogP) is 4.98. The van der Waals surface area contributed by atoms with Gasteiger partial charge >= 0.3 is 0 Å². The molecule has 1 aromatic heterocycles. The summed E-state index contributed by atoms with van der Waals surface area (Å²) in [7, 11) is 0. The Bertz CT molecular complexity index is 511. The Morgan fingerprint density at radius 3 is 2.79 bits per heavy atom. The second-order valence-electron chi connectivity index (χ2n) is 4.57. The normalized spacial score (nSPS) is 12.6. The molecule has 0 spiro atoms. The molecule has 0 fully saturated rings. The largest absolute Gasteiger partial charge is 0.393 e. The Balaban J connectivity index is 1.80. The van der Waals surface area contributed by atoms with Crippen molar-refractivity contribution in [1.82, 2.24) is 0 Å². The third-order valence-electron chi connectivity index (χ3n) is 3.00. The SMILES string of the molecule is OC(CCCc1cccs1)Cc1cc(Cl)ccc1Cl. The van der Waals surface area contributed by atoms with Crippen molar-refractivity contribution < 1.29 is 5.11 Å². The third kappa shape index (κ3) is 4.81. The van der Waals surface area contributed by atoms with E-state index in [0.717, 1.165) is 24.8 Å². The summed E-state index contributed by atoms with van der Waals surface area (Å²) in [4.78, 5) is 1.37. The highest BCUT2D eigenvalue weighted by Crippen LogP contribution is 2.23. The molecule has 0 radical (unpaired) electrons. The zero-order chi connectivity index (χ0) is 13.7. The van der Waals surface area contributed by atoms with Crippen LogP contribution in [0, 0.1) is 0 Å². The van der Waals surface area contributed by atoms with Crippen LogP contribution in [0.3, 0.4) is 0 Å². The van der Waals surface area contributed by atoms with Crippen LogP contribution < -0.4 is 0 Å². The Morgan fingerprint density at radius 2 is 2.05 bits per heavy atom. The second-order valence-corrected chi connectivity index (χ2v) is 6.44. The standard InChI is InChI=1S/C15H16Cl2OS/c16-12-6-7-15(17)11(9-12)10-13(18)3-1-4-14-5-2-8-19-14/h2,5-9,13,18H,1,3-4,10H2. The number of aryl methyl sites for hydroxylation is 1. The van der Waals surface area contributed by atoms with E-state index in [1.165, 1.54) is 4.88 Å². The van der Waals surface area contributed by atoms with Crippen molar-refractivity contribution in [3.8, 4) is 0 Å². The summed E-state index contributed by atoms with van der Waals surface area (Å²) in [6.45, 7) is 0. The van der Waals surface area contributed by atoms with Crippen LogP contribution in [0.4, 0.5) is 0 Å². The fourth-order valence-electron chi connectivity index (χ4n) is 2.02. The quantitative estimate of drug-likeness (QED) is 0.797. The van der Waals surface area contributed by atoms with E-state index in [9.17, 15) is 5.11 Å². The van der Waals surface area contributed by atoms with E-state index in [2.05, 4.69) is 17.5 Å². The molecule has 0 amide bonds. The van der Waals surface area contributed by atoms with Gasteiger partial charge in [-0.25, -0.2) is 0 Å². The maximum Gasteiger partial charge on any atom is 0.0581 e. The number of aliphatic hydroxyl groups is 1. The molecule has 1 unspecified atom stereocenters. The van der Waals surface area contributed by atoms with E-state index in [-0.39, 0.29) is 6.10 Å². The summed E-state index contributed by atoms with van der Waals surface area (Å²) in [6.07, 6.45) is 2.98. The van der Waals surface area contributed by atoms with Crippen molar-refractivity contribution in [2.75, 3.05) is 0 Å². The van der Waals surface area contributed by atoms with E-state index in [1.54, 1.807) is 23.5 Å². The minimum atomic E-state index is -0.365. The van der Waals surface area contributed by atoms with Gasteiger partial charge in [-0.2, -0.15) is 0 Å². The first-order chi connectivity index (χ1) is 9.15. The van der Waals surface area contributed by atoms with Crippen LogP contribution in [0.25, 0.3) is 0 Å². The van der Waals surface area contributed by atoms with Gasteiger partial charge in [-0.15, -0.1) is 11.3 Å². The number of benzene rings is 1. The molecule has 0 aliphatic heterocycles. The molecule has 102 valence electrons. The summed E-state index contributed by atoms with van der Waals surface area (Å²) in [6, 6.07) is 9.55. The molecule has 0 saturated carbocycles. The van der Waals surface area contributed by atoms with Crippen LogP contribution in [0.2, 0.25) is 10.0 Å². The number of hydrogen-bond donors (Lipinski definition) is 1. The van der Waals surface area contributed by atoms with E-state index in [0.29, 0.717) is 16.5 Å². The Labute approximate surface area is 127 Å². The highest BCUT2D eigenvalue weighted by molar-refractivity contribution is 7.09. The van der Waals surface area contributed by atoms with Gasteiger partial charge in [0, 0.05) is 14.9 Å². The first-order valence-electron chi connectivity index (χ1n) is 6.29. The molecule has 4 heteroatoms. The molecule has 1 heterocycles. The molecule has 1 N–H and O–H groups in total. The molecular weight excluding hydrogens is 299 g/mol. The molecule has 2 aromatic rings. The summed E-state index contributed by atoms with van der Waals surface area (Å²) < 4.78 is 0. The van der Waals surface area contributed by atoms with Crippen molar-refractivity contribution in [3.63, 3.8) is 0 Å². The highest BCUT2D eigenvalue weighted by Gasteiger charge is 2.09. The van der Waals surface area contributed by atoms with Gasteiger partial charge in [-0.3, -0.25) is 0 Å². The summed E-state index contributed by atoms with van der Waals surface area (Å²) in [5, 5.41) is 13.5. The molecule has 19 heavy (non-hydrogen) atoms. The predicted molar refractivity (Wildman–Crippen MR) is 83.4 cm³/mol. The molecule has 0 saturated heterocycles. The number of hydrogen-bond acceptors (Lipinski definition) is 2. The minimum Gasteiger partial charge on any atom is -0.393 e. The summed E-state index contributed by atoms with van der Waals surface area (Å²) in [5.74, 6) is 0. The van der Waals surface area contributed by atoms with E-state index in [4.69, 9.17) is 23.2 Å². The Hall–Kier alpha value is -0.540. The number of halogens is 2. The lowest BCUT2D eigenvalue weighted by Crippen LogP contribution is -2.11. The summed E-state index contributed by atoms with van der Waals surface area (Å²) >= 11 is 13.8. The van der Waals surface area contributed by atoms with Gasteiger partial charge in [0.1, 0.15) is 0 Å². The average molecular weight is 315 g/mol. The smallest absolute Gasteiger partial charge is 0.0581 e. The van der Waals surface area contributed by atoms with Crippen molar-refractivity contribution in [3.05, 3.63) is 56.2 Å². The molecule has 1 nitrogen and oxygen atoms in total. The zero-order valence-corrected chi connectivity index (χ0v) is 12.8. The van der Waals surface area contributed by atoms with Gasteiger partial charge in [-0.1, -0.05) is 29.3 Å². The molecule has 0 bridgehead atoms. The maximum absolute atomic E-state index is 10.0. The average Bonchev–Trinajstić information content (AvgIpc) is 2.87. The monoisotopic (exact) mass is 314 g/mol. The number of aliphatic hydroxyl groups excluding tert-OH is 1.